The average Bonchev–Trinajstić information content (AvgIpc) is 2.57. The molecule has 3 rings (SSSR count). The number of hydrogen-bond donors (Lipinski definition) is 0. The highest BCUT2D eigenvalue weighted by atomic mass is 15.2. The standard InChI is InChI=1S/C16H17N.2C2H6/c1-17-12-16(13-17,14-8-4-2-5-9-14)15-10-6-3-7-11-15;2*1-2/h2-11H,12-13H2,1H3;2*1-2H3. The first-order valence-electron chi connectivity index (χ1n) is 8.11. The predicted octanol–water partition coefficient (Wildman–Crippen LogP) is 4.97. The third kappa shape index (κ3) is 3.74. The fraction of sp³-hybridized carbons (Fsp3) is 0.400. The minimum Gasteiger partial charge on any atom is -0.304 e. The average molecular weight is 283 g/mol. The maximum absolute atomic E-state index is 2.38. The van der Waals surface area contributed by atoms with E-state index < -0.39 is 0 Å². The molecule has 0 amide bonds. The van der Waals surface area contributed by atoms with Crippen molar-refractivity contribution in [3.8, 4) is 0 Å². The Balaban J connectivity index is 0.000000510. The van der Waals surface area contributed by atoms with Gasteiger partial charge in [-0.05, 0) is 18.2 Å². The molecule has 0 aliphatic carbocycles. The lowest BCUT2D eigenvalue weighted by molar-refractivity contribution is 0.126. The highest BCUT2D eigenvalue weighted by molar-refractivity contribution is 5.43. The molecule has 0 spiro atoms. The summed E-state index contributed by atoms with van der Waals surface area (Å²) in [6, 6.07) is 21.7. The van der Waals surface area contributed by atoms with E-state index in [9.17, 15) is 0 Å². The van der Waals surface area contributed by atoms with Crippen molar-refractivity contribution in [3.63, 3.8) is 0 Å². The molecule has 0 radical (unpaired) electrons. The lowest BCUT2D eigenvalue weighted by Crippen LogP contribution is -2.58. The second-order valence-corrected chi connectivity index (χ2v) is 4.99. The molecular formula is C20H29N. The molecule has 1 nitrogen and oxygen atoms in total. The van der Waals surface area contributed by atoms with Gasteiger partial charge in [-0.25, -0.2) is 0 Å². The van der Waals surface area contributed by atoms with Crippen molar-refractivity contribution in [1.82, 2.24) is 4.90 Å². The Bertz CT molecular complexity index is 442. The van der Waals surface area contributed by atoms with E-state index in [4.69, 9.17) is 0 Å². The Morgan fingerprint density at radius 2 is 1.00 bits per heavy atom. The van der Waals surface area contributed by atoms with Crippen LogP contribution in [0, 0.1) is 0 Å². The molecule has 21 heavy (non-hydrogen) atoms. The summed E-state index contributed by atoms with van der Waals surface area (Å²) in [6.07, 6.45) is 0. The summed E-state index contributed by atoms with van der Waals surface area (Å²) in [4.78, 5) is 2.38. The molecule has 0 bridgehead atoms. The van der Waals surface area contributed by atoms with Crippen LogP contribution in [0.15, 0.2) is 60.7 Å². The van der Waals surface area contributed by atoms with Crippen LogP contribution in [0.1, 0.15) is 38.8 Å². The molecule has 2 aromatic carbocycles. The first kappa shape index (κ1) is 17.5. The lowest BCUT2D eigenvalue weighted by atomic mass is 9.69. The monoisotopic (exact) mass is 283 g/mol. The summed E-state index contributed by atoms with van der Waals surface area (Å²) >= 11 is 0. The second-order valence-electron chi connectivity index (χ2n) is 4.99. The predicted molar refractivity (Wildman–Crippen MR) is 93.9 cm³/mol. The normalized spacial score (nSPS) is 15.7. The van der Waals surface area contributed by atoms with Gasteiger partial charge in [0.15, 0.2) is 0 Å². The minimum atomic E-state index is 0.206. The van der Waals surface area contributed by atoms with Crippen molar-refractivity contribution in [3.05, 3.63) is 71.8 Å². The first-order chi connectivity index (χ1) is 10.3. The Kier molecular flexibility index (Phi) is 7.18. The number of hydrogen-bond acceptors (Lipinski definition) is 1. The van der Waals surface area contributed by atoms with E-state index in [-0.39, 0.29) is 5.41 Å². The fourth-order valence-corrected chi connectivity index (χ4v) is 2.92. The van der Waals surface area contributed by atoms with Crippen molar-refractivity contribution in [2.45, 2.75) is 33.1 Å². The van der Waals surface area contributed by atoms with Gasteiger partial charge in [-0.2, -0.15) is 0 Å². The van der Waals surface area contributed by atoms with Crippen LogP contribution in [-0.4, -0.2) is 25.0 Å². The van der Waals surface area contributed by atoms with Gasteiger partial charge >= 0.3 is 0 Å². The maximum atomic E-state index is 2.38. The molecule has 1 heterocycles. The Morgan fingerprint density at radius 3 is 1.29 bits per heavy atom. The number of likely N-dealkylation sites (tertiary alicyclic amines) is 1. The highest BCUT2D eigenvalue weighted by Crippen LogP contribution is 2.39. The van der Waals surface area contributed by atoms with Crippen LogP contribution in [0.25, 0.3) is 0 Å². The van der Waals surface area contributed by atoms with Crippen LogP contribution in [0.4, 0.5) is 0 Å². The van der Waals surface area contributed by atoms with Crippen molar-refractivity contribution in [2.24, 2.45) is 0 Å². The molecule has 0 N–H and O–H groups in total. The molecule has 1 aliphatic heterocycles. The van der Waals surface area contributed by atoms with Crippen LogP contribution in [-0.2, 0) is 5.41 Å². The third-order valence-corrected chi connectivity index (χ3v) is 3.73. The molecular weight excluding hydrogens is 254 g/mol. The summed E-state index contributed by atoms with van der Waals surface area (Å²) < 4.78 is 0. The van der Waals surface area contributed by atoms with Gasteiger partial charge in [0.05, 0.1) is 0 Å². The zero-order chi connectivity index (χ0) is 15.7. The van der Waals surface area contributed by atoms with Gasteiger partial charge in [0, 0.05) is 18.5 Å². The van der Waals surface area contributed by atoms with Crippen molar-refractivity contribution in [1.29, 1.82) is 0 Å². The van der Waals surface area contributed by atoms with Gasteiger partial charge in [0.1, 0.15) is 0 Å². The quantitative estimate of drug-likeness (QED) is 0.752. The molecule has 1 fully saturated rings. The van der Waals surface area contributed by atoms with Gasteiger partial charge in [-0.15, -0.1) is 0 Å². The van der Waals surface area contributed by atoms with Crippen molar-refractivity contribution >= 4 is 0 Å². The summed E-state index contributed by atoms with van der Waals surface area (Å²) in [5.41, 5.74) is 3.07. The zero-order valence-corrected chi connectivity index (χ0v) is 14.1. The van der Waals surface area contributed by atoms with Crippen LogP contribution in [0.5, 0.6) is 0 Å². The van der Waals surface area contributed by atoms with E-state index in [1.54, 1.807) is 0 Å². The minimum absolute atomic E-state index is 0.206. The van der Waals surface area contributed by atoms with E-state index in [0.717, 1.165) is 13.1 Å². The summed E-state index contributed by atoms with van der Waals surface area (Å²) in [7, 11) is 2.18. The van der Waals surface area contributed by atoms with Gasteiger partial charge in [-0.1, -0.05) is 88.4 Å². The highest BCUT2D eigenvalue weighted by Gasteiger charge is 2.43. The molecule has 0 saturated carbocycles. The Labute approximate surface area is 130 Å². The molecule has 0 atom stereocenters. The summed E-state index contributed by atoms with van der Waals surface area (Å²) in [5, 5.41) is 0. The van der Waals surface area contributed by atoms with Crippen LogP contribution >= 0.6 is 0 Å². The van der Waals surface area contributed by atoms with Crippen LogP contribution in [0.3, 0.4) is 0 Å². The molecule has 2 aromatic rings. The first-order valence-corrected chi connectivity index (χ1v) is 8.11. The smallest absolute Gasteiger partial charge is 0.0456 e. The largest absolute Gasteiger partial charge is 0.304 e. The van der Waals surface area contributed by atoms with Gasteiger partial charge in [0.25, 0.3) is 0 Å². The van der Waals surface area contributed by atoms with Crippen molar-refractivity contribution in [2.75, 3.05) is 20.1 Å². The second kappa shape index (κ2) is 8.63. The molecule has 0 unspecified atom stereocenters. The van der Waals surface area contributed by atoms with E-state index in [0.29, 0.717) is 0 Å². The van der Waals surface area contributed by atoms with E-state index >= 15 is 0 Å². The lowest BCUT2D eigenvalue weighted by Gasteiger charge is -2.49. The number of likely N-dealkylation sites (N-methyl/N-ethyl adjacent to an activating group) is 1. The topological polar surface area (TPSA) is 3.24 Å². The number of benzene rings is 2. The Hall–Kier alpha value is -1.60. The Morgan fingerprint density at radius 1 is 0.667 bits per heavy atom. The zero-order valence-electron chi connectivity index (χ0n) is 14.1. The van der Waals surface area contributed by atoms with E-state index in [2.05, 4.69) is 72.6 Å². The number of rotatable bonds is 2. The van der Waals surface area contributed by atoms with Gasteiger partial charge < -0.3 is 4.90 Å². The van der Waals surface area contributed by atoms with Crippen LogP contribution in [0.2, 0.25) is 0 Å². The molecule has 1 heteroatoms. The molecule has 114 valence electrons. The van der Waals surface area contributed by atoms with Crippen LogP contribution < -0.4 is 0 Å². The van der Waals surface area contributed by atoms with Crippen molar-refractivity contribution < 1.29 is 0 Å². The maximum Gasteiger partial charge on any atom is 0.0456 e. The third-order valence-electron chi connectivity index (χ3n) is 3.73. The molecule has 1 saturated heterocycles. The summed E-state index contributed by atoms with van der Waals surface area (Å²) in [6.45, 7) is 10.2. The fourth-order valence-electron chi connectivity index (χ4n) is 2.92. The number of nitrogens with zero attached hydrogens (tertiary/aromatic N) is 1. The SMILES string of the molecule is CC.CC.CN1CC(c2ccccc2)(c2ccccc2)C1. The molecule has 1 aliphatic rings. The van der Waals surface area contributed by atoms with E-state index in [1.807, 2.05) is 27.7 Å². The van der Waals surface area contributed by atoms with Gasteiger partial charge in [-0.3, -0.25) is 0 Å². The van der Waals surface area contributed by atoms with Gasteiger partial charge in [0.2, 0.25) is 0 Å². The summed E-state index contributed by atoms with van der Waals surface area (Å²) in [5.74, 6) is 0. The molecule has 0 aromatic heterocycles. The van der Waals surface area contributed by atoms with E-state index in [1.165, 1.54) is 11.1 Å².